The number of alkyl halides is 12. The molecule has 8 nitrogen and oxygen atoms in total. The van der Waals surface area contributed by atoms with Crippen LogP contribution in [0.4, 0.5) is 52.7 Å². The zero-order valence-corrected chi connectivity index (χ0v) is 34.1. The zero-order valence-electron chi connectivity index (χ0n) is 34.1. The molecule has 5 rings (SSSR count). The fourth-order valence-electron chi connectivity index (χ4n) is 6.00. The largest absolute Gasteiger partial charge is 0.493 e. The van der Waals surface area contributed by atoms with Gasteiger partial charge in [0.1, 0.15) is 33.9 Å². The van der Waals surface area contributed by atoms with E-state index in [1.165, 1.54) is 19.1 Å². The molecule has 0 aliphatic rings. The summed E-state index contributed by atoms with van der Waals surface area (Å²) >= 11 is 0. The van der Waals surface area contributed by atoms with Crippen molar-refractivity contribution in [2.75, 3.05) is 6.61 Å². The molecule has 350 valence electrons. The van der Waals surface area contributed by atoms with Crippen molar-refractivity contribution in [3.05, 3.63) is 185 Å². The van der Waals surface area contributed by atoms with Gasteiger partial charge in [0.2, 0.25) is 0 Å². The van der Waals surface area contributed by atoms with Gasteiger partial charge in [0.05, 0.1) is 23.3 Å². The van der Waals surface area contributed by atoms with Crippen molar-refractivity contribution in [2.24, 2.45) is 0 Å². The van der Waals surface area contributed by atoms with Crippen molar-refractivity contribution in [2.45, 2.75) is 31.6 Å². The van der Waals surface area contributed by atoms with Gasteiger partial charge >= 0.3 is 36.6 Å². The predicted octanol–water partition coefficient (Wildman–Crippen LogP) is 13.1. The van der Waals surface area contributed by atoms with Gasteiger partial charge < -0.3 is 14.2 Å². The van der Waals surface area contributed by atoms with Crippen molar-refractivity contribution in [1.82, 2.24) is 0 Å². The van der Waals surface area contributed by atoms with Crippen molar-refractivity contribution in [1.29, 1.82) is 0 Å². The normalized spacial score (nSPS) is 11.6. The Kier molecular flexibility index (Phi) is 15.9. The molecule has 0 aliphatic carbocycles. The Morgan fingerprint density at radius 2 is 0.701 bits per heavy atom. The van der Waals surface area contributed by atoms with Gasteiger partial charge in [-0.15, -0.1) is 0 Å². The summed E-state index contributed by atoms with van der Waals surface area (Å²) in [5.74, 6) is -8.27. The molecule has 0 bridgehead atoms. The number of carbonyl (C=O) groups excluding carboxylic acids is 5. The number of esters is 2. The molecule has 0 aliphatic heterocycles. The molecular weight excluding hydrogens is 920 g/mol. The Bertz CT molecular complexity index is 2600. The summed E-state index contributed by atoms with van der Waals surface area (Å²) in [5.41, 5.74) is -9.66. The second kappa shape index (κ2) is 20.6. The van der Waals surface area contributed by atoms with Crippen molar-refractivity contribution in [3.8, 4) is 28.4 Å². The molecule has 0 spiro atoms. The van der Waals surface area contributed by atoms with Gasteiger partial charge in [-0.2, -0.15) is 52.7 Å². The first-order valence-electron chi connectivity index (χ1n) is 18.7. The van der Waals surface area contributed by atoms with Crippen LogP contribution in [0, 0.1) is 0 Å². The fraction of sp³-hybridized carbons (Fsp3) is 0.128. The van der Waals surface area contributed by atoms with Gasteiger partial charge in [-0.05, 0) is 78.7 Å². The molecule has 67 heavy (non-hydrogen) atoms. The van der Waals surface area contributed by atoms with E-state index in [1.807, 2.05) is 0 Å². The first kappa shape index (κ1) is 51.9. The van der Waals surface area contributed by atoms with Gasteiger partial charge in [0, 0.05) is 16.7 Å². The molecule has 5 aromatic rings. The highest BCUT2D eigenvalue weighted by molar-refractivity contribution is 6.06. The maximum absolute atomic E-state index is 13.9. The topological polar surface area (TPSA) is 113 Å². The van der Waals surface area contributed by atoms with E-state index in [2.05, 4.69) is 29.2 Å². The summed E-state index contributed by atoms with van der Waals surface area (Å²) < 4.78 is 179. The standard InChI is InChI=1S/C28H16F6O6.C19H14F6O2/c1-3-19(35)15-5-9-17(10-6-15)25(37)39-21-13-14-22(24(28(32,33)34)23(21)27(29,30)31)40-26(38)18-11-7-16(8-12-18)20(36)4-2;1-3-14(26)12-7-5-11(6-8-12)13-9-10-15(27-4-2)17(19(23,24)25)16(13)18(20,21)22/h3-14H,1-2H2;3,5-10H,1,4H2,2H3. The number of hydrogen-bond acceptors (Lipinski definition) is 8. The maximum Gasteiger partial charge on any atom is 0.420 e. The Labute approximate surface area is 371 Å². The number of rotatable bonds is 13. The number of hydrogen-bond donors (Lipinski definition) is 0. The number of benzene rings is 5. The van der Waals surface area contributed by atoms with Gasteiger partial charge in [-0.25, -0.2) is 9.59 Å². The minimum Gasteiger partial charge on any atom is -0.493 e. The lowest BCUT2D eigenvalue weighted by Crippen LogP contribution is -2.22. The second-order valence-electron chi connectivity index (χ2n) is 13.3. The van der Waals surface area contributed by atoms with E-state index in [4.69, 9.17) is 4.74 Å². The third-order valence-corrected chi connectivity index (χ3v) is 8.98. The minimum atomic E-state index is -5.71. The Hall–Kier alpha value is -7.77. The fourth-order valence-corrected chi connectivity index (χ4v) is 6.00. The number of allylic oxidation sites excluding steroid dienone is 3. The van der Waals surface area contributed by atoms with Crippen LogP contribution in [-0.4, -0.2) is 35.9 Å². The maximum atomic E-state index is 13.9. The quantitative estimate of drug-likeness (QED) is 0.0377. The van der Waals surface area contributed by atoms with E-state index in [1.54, 1.807) is 0 Å². The molecular formula is C47H30F12O8. The molecule has 0 saturated heterocycles. The van der Waals surface area contributed by atoms with Crippen LogP contribution >= 0.6 is 0 Å². The Balaban J connectivity index is 0.000000316. The molecule has 0 radical (unpaired) electrons. The zero-order chi connectivity index (χ0) is 50.2. The van der Waals surface area contributed by atoms with Crippen LogP contribution in [0.1, 0.15) is 81.0 Å². The highest BCUT2D eigenvalue weighted by Gasteiger charge is 2.50. The summed E-state index contributed by atoms with van der Waals surface area (Å²) in [5, 5.41) is 0. The average Bonchev–Trinajstić information content (AvgIpc) is 3.27. The number of halogens is 12. The van der Waals surface area contributed by atoms with E-state index >= 15 is 0 Å². The van der Waals surface area contributed by atoms with E-state index in [0.29, 0.717) is 12.1 Å². The van der Waals surface area contributed by atoms with E-state index in [9.17, 15) is 76.7 Å². The predicted molar refractivity (Wildman–Crippen MR) is 216 cm³/mol. The number of carbonyl (C=O) groups is 5. The van der Waals surface area contributed by atoms with Crippen molar-refractivity contribution in [3.63, 3.8) is 0 Å². The molecule has 5 aromatic carbocycles. The molecule has 20 heteroatoms. The first-order valence-corrected chi connectivity index (χ1v) is 18.7. The third-order valence-electron chi connectivity index (χ3n) is 8.98. The lowest BCUT2D eigenvalue weighted by molar-refractivity contribution is -0.163. The van der Waals surface area contributed by atoms with E-state index in [-0.39, 0.29) is 40.0 Å². The number of ketones is 3. The molecule has 0 fully saturated rings. The summed E-state index contributed by atoms with van der Waals surface area (Å²) in [4.78, 5) is 59.7. The number of ether oxygens (including phenoxy) is 3. The second-order valence-corrected chi connectivity index (χ2v) is 13.3. The van der Waals surface area contributed by atoms with Crippen LogP contribution in [0.25, 0.3) is 11.1 Å². The Morgan fingerprint density at radius 1 is 0.418 bits per heavy atom. The van der Waals surface area contributed by atoms with Gasteiger partial charge in [-0.3, -0.25) is 14.4 Å². The molecule has 0 N–H and O–H groups in total. The van der Waals surface area contributed by atoms with Crippen LogP contribution in [0.3, 0.4) is 0 Å². The van der Waals surface area contributed by atoms with Gasteiger partial charge in [0.15, 0.2) is 17.3 Å². The Morgan fingerprint density at radius 3 is 1.00 bits per heavy atom. The van der Waals surface area contributed by atoms with E-state index in [0.717, 1.165) is 91.0 Å². The van der Waals surface area contributed by atoms with Crippen LogP contribution in [0.5, 0.6) is 17.2 Å². The summed E-state index contributed by atoms with van der Waals surface area (Å²) in [6.07, 6.45) is -19.0. The highest BCUT2D eigenvalue weighted by Crippen LogP contribution is 2.51. The van der Waals surface area contributed by atoms with Gasteiger partial charge in [-0.1, -0.05) is 74.3 Å². The third kappa shape index (κ3) is 12.5. The van der Waals surface area contributed by atoms with Crippen LogP contribution in [0.15, 0.2) is 135 Å². The molecule has 0 amide bonds. The highest BCUT2D eigenvalue weighted by atomic mass is 19.4. The molecule has 0 aromatic heterocycles. The average molecular weight is 951 g/mol. The minimum absolute atomic E-state index is 0.0926. The lowest BCUT2D eigenvalue weighted by Gasteiger charge is -2.22. The van der Waals surface area contributed by atoms with Crippen molar-refractivity contribution >= 4 is 29.3 Å². The lowest BCUT2D eigenvalue weighted by atomic mass is 9.93. The summed E-state index contributed by atoms with van der Waals surface area (Å²) in [6, 6.07) is 16.1. The molecule has 0 atom stereocenters. The SMILES string of the molecule is C=CC(=O)c1ccc(-c2ccc(OCC)c(C(F)(F)F)c2C(F)(F)F)cc1.C=CC(=O)c1ccc(C(=O)Oc2ccc(OC(=O)c3ccc(C(=O)C=C)cc3)c(C(F)(F)F)c2C(F)(F)F)cc1. The molecule has 0 heterocycles. The first-order chi connectivity index (χ1) is 31.2. The van der Waals surface area contributed by atoms with E-state index < -0.39 is 99.1 Å². The van der Waals surface area contributed by atoms with Gasteiger partial charge in [0.25, 0.3) is 0 Å². The van der Waals surface area contributed by atoms with Crippen LogP contribution in [0.2, 0.25) is 0 Å². The van der Waals surface area contributed by atoms with Crippen LogP contribution in [-0.2, 0) is 24.7 Å². The molecule has 0 saturated carbocycles. The summed E-state index contributed by atoms with van der Waals surface area (Å²) in [6.45, 7) is 11.0. The monoisotopic (exact) mass is 950 g/mol. The molecule has 0 unspecified atom stereocenters. The summed E-state index contributed by atoms with van der Waals surface area (Å²) in [7, 11) is 0. The van der Waals surface area contributed by atoms with Crippen molar-refractivity contribution < 1.29 is 90.9 Å². The van der Waals surface area contributed by atoms with Crippen LogP contribution < -0.4 is 14.2 Å². The smallest absolute Gasteiger partial charge is 0.420 e.